The summed E-state index contributed by atoms with van der Waals surface area (Å²) in [7, 11) is -3.05. The van der Waals surface area contributed by atoms with Gasteiger partial charge in [-0.25, -0.2) is 4.76 Å². The van der Waals surface area contributed by atoms with Crippen LogP contribution in [0.4, 0.5) is 0 Å². The van der Waals surface area contributed by atoms with E-state index >= 15 is 0 Å². The van der Waals surface area contributed by atoms with Crippen molar-refractivity contribution < 1.29 is 4.57 Å². The Balaban J connectivity index is 1.99. The van der Waals surface area contributed by atoms with E-state index in [0.29, 0.717) is 0 Å². The fourth-order valence-electron chi connectivity index (χ4n) is 2.56. The number of hydrogen-bond donors (Lipinski definition) is 0. The molecular weight excluding hydrogens is 325 g/mol. The second-order valence-corrected chi connectivity index (χ2v) is 8.21. The van der Waals surface area contributed by atoms with Crippen molar-refractivity contribution in [3.05, 3.63) is 102 Å². The van der Waals surface area contributed by atoms with Gasteiger partial charge < -0.3 is 0 Å². The molecular formula is C22H20NOP. The maximum absolute atomic E-state index is 13.7. The molecule has 2 nitrogen and oxygen atoms in total. The van der Waals surface area contributed by atoms with Crippen LogP contribution in [-0.2, 0) is 4.57 Å². The molecule has 25 heavy (non-hydrogen) atoms. The van der Waals surface area contributed by atoms with E-state index in [1.807, 2.05) is 104 Å². The summed E-state index contributed by atoms with van der Waals surface area (Å²) >= 11 is 0. The van der Waals surface area contributed by atoms with E-state index in [9.17, 15) is 4.57 Å². The first-order valence-corrected chi connectivity index (χ1v) is 9.85. The zero-order valence-electron chi connectivity index (χ0n) is 14.1. The molecule has 3 rings (SSSR count). The normalized spacial score (nSPS) is 12.4. The van der Waals surface area contributed by atoms with Gasteiger partial charge in [0.1, 0.15) is 0 Å². The largest absolute Gasteiger partial charge is 0.288 e. The monoisotopic (exact) mass is 345 g/mol. The lowest BCUT2D eigenvalue weighted by atomic mass is 10.1. The smallest absolute Gasteiger partial charge is 0.247 e. The summed E-state index contributed by atoms with van der Waals surface area (Å²) in [6.45, 7) is 1.97. The van der Waals surface area contributed by atoms with Crippen molar-refractivity contribution in [1.82, 2.24) is 0 Å². The predicted molar refractivity (Wildman–Crippen MR) is 108 cm³/mol. The Labute approximate surface area is 149 Å². The van der Waals surface area contributed by atoms with Gasteiger partial charge in [0.15, 0.2) is 0 Å². The van der Waals surface area contributed by atoms with E-state index in [1.54, 1.807) is 6.21 Å². The summed E-state index contributed by atoms with van der Waals surface area (Å²) in [6.07, 6.45) is 3.75. The number of allylic oxidation sites excluding steroid dienone is 1. The fourth-order valence-corrected chi connectivity index (χ4v) is 4.63. The SMILES string of the molecule is CC(/C=N/P(=O)(c1ccccc1)c1ccccc1)=C\c1ccccc1. The molecule has 0 heterocycles. The van der Waals surface area contributed by atoms with Crippen LogP contribution in [0.2, 0.25) is 0 Å². The number of hydrogen-bond acceptors (Lipinski definition) is 1. The van der Waals surface area contributed by atoms with E-state index in [1.165, 1.54) is 0 Å². The van der Waals surface area contributed by atoms with Crippen molar-refractivity contribution in [3.63, 3.8) is 0 Å². The molecule has 3 aromatic carbocycles. The van der Waals surface area contributed by atoms with Crippen LogP contribution >= 0.6 is 7.29 Å². The molecule has 0 spiro atoms. The lowest BCUT2D eigenvalue weighted by molar-refractivity contribution is 0.588. The van der Waals surface area contributed by atoms with Crippen LogP contribution in [0.25, 0.3) is 6.08 Å². The topological polar surface area (TPSA) is 29.4 Å². The highest BCUT2D eigenvalue weighted by molar-refractivity contribution is 7.77. The summed E-state index contributed by atoms with van der Waals surface area (Å²) in [5, 5.41) is 1.48. The molecule has 0 unspecified atom stereocenters. The van der Waals surface area contributed by atoms with Gasteiger partial charge in [0.2, 0.25) is 7.29 Å². The number of benzene rings is 3. The van der Waals surface area contributed by atoms with Gasteiger partial charge in [0.05, 0.1) is 0 Å². The third kappa shape index (κ3) is 4.23. The summed E-state index contributed by atoms with van der Waals surface area (Å²) in [5.74, 6) is 0. The van der Waals surface area contributed by atoms with E-state index < -0.39 is 7.29 Å². The quantitative estimate of drug-likeness (QED) is 0.468. The molecule has 0 radical (unpaired) electrons. The van der Waals surface area contributed by atoms with Crippen LogP contribution in [0, 0.1) is 0 Å². The number of rotatable bonds is 5. The highest BCUT2D eigenvalue weighted by Crippen LogP contribution is 2.44. The molecule has 3 heteroatoms. The van der Waals surface area contributed by atoms with Crippen LogP contribution in [0.15, 0.2) is 101 Å². The molecule has 0 aliphatic rings. The third-order valence-electron chi connectivity index (χ3n) is 3.83. The van der Waals surface area contributed by atoms with Crippen molar-refractivity contribution in [2.75, 3.05) is 0 Å². The molecule has 0 atom stereocenters. The van der Waals surface area contributed by atoms with Gasteiger partial charge in [-0.3, -0.25) is 4.57 Å². The minimum atomic E-state index is -3.05. The first kappa shape index (κ1) is 17.1. The average Bonchev–Trinajstić information content (AvgIpc) is 2.68. The molecule has 0 N–H and O–H groups in total. The molecule has 0 fully saturated rings. The Morgan fingerprint density at radius 2 is 1.20 bits per heavy atom. The predicted octanol–water partition coefficient (Wildman–Crippen LogP) is 5.09. The molecule has 0 bridgehead atoms. The lowest BCUT2D eigenvalue weighted by Crippen LogP contribution is -2.14. The first-order valence-electron chi connectivity index (χ1n) is 8.19. The van der Waals surface area contributed by atoms with E-state index in [-0.39, 0.29) is 0 Å². The van der Waals surface area contributed by atoms with Crippen LogP contribution in [0.3, 0.4) is 0 Å². The van der Waals surface area contributed by atoms with Gasteiger partial charge in [-0.2, -0.15) is 0 Å². The molecule has 0 saturated heterocycles. The zero-order chi connectivity index (χ0) is 17.5. The molecule has 0 saturated carbocycles. The van der Waals surface area contributed by atoms with E-state index in [4.69, 9.17) is 0 Å². The van der Waals surface area contributed by atoms with Gasteiger partial charge >= 0.3 is 0 Å². The van der Waals surface area contributed by atoms with Gasteiger partial charge in [0.25, 0.3) is 0 Å². The summed E-state index contributed by atoms with van der Waals surface area (Å²) in [6, 6.07) is 29.0. The summed E-state index contributed by atoms with van der Waals surface area (Å²) < 4.78 is 18.3. The van der Waals surface area contributed by atoms with Gasteiger partial charge in [-0.1, -0.05) is 72.8 Å². The van der Waals surface area contributed by atoms with Gasteiger partial charge in [-0.05, 0) is 42.3 Å². The van der Waals surface area contributed by atoms with E-state index in [2.05, 4.69) is 4.76 Å². The van der Waals surface area contributed by atoms with Crippen molar-refractivity contribution in [1.29, 1.82) is 0 Å². The van der Waals surface area contributed by atoms with Crippen molar-refractivity contribution in [2.24, 2.45) is 4.76 Å². The maximum atomic E-state index is 13.7. The molecule has 0 aliphatic heterocycles. The average molecular weight is 345 g/mol. The lowest BCUT2D eigenvalue weighted by Gasteiger charge is -2.14. The highest BCUT2D eigenvalue weighted by Gasteiger charge is 2.25. The minimum Gasteiger partial charge on any atom is -0.288 e. The standard InChI is InChI=1S/C22H20NOP/c1-19(17-20-11-5-2-6-12-20)18-23-25(24,21-13-7-3-8-14-21)22-15-9-4-10-16-22/h2-18H,1H3/b19-17+,23-18+. The second-order valence-electron chi connectivity index (χ2n) is 5.79. The summed E-state index contributed by atoms with van der Waals surface area (Å²) in [5.41, 5.74) is 2.05. The Morgan fingerprint density at radius 3 is 1.68 bits per heavy atom. The van der Waals surface area contributed by atoms with Gasteiger partial charge in [-0.15, -0.1) is 0 Å². The molecule has 0 aliphatic carbocycles. The van der Waals surface area contributed by atoms with Crippen molar-refractivity contribution >= 4 is 30.2 Å². The maximum Gasteiger partial charge on any atom is 0.247 e. The fraction of sp³-hybridized carbons (Fsp3) is 0.0455. The highest BCUT2D eigenvalue weighted by atomic mass is 31.2. The van der Waals surface area contributed by atoms with Crippen molar-refractivity contribution in [2.45, 2.75) is 6.92 Å². The molecule has 124 valence electrons. The Morgan fingerprint density at radius 1 is 0.760 bits per heavy atom. The first-order chi connectivity index (χ1) is 12.2. The van der Waals surface area contributed by atoms with E-state index in [0.717, 1.165) is 21.7 Å². The van der Waals surface area contributed by atoms with Gasteiger partial charge in [0, 0.05) is 16.8 Å². The Hall–Kier alpha value is -2.70. The van der Waals surface area contributed by atoms with Crippen LogP contribution in [-0.4, -0.2) is 6.21 Å². The van der Waals surface area contributed by atoms with Crippen LogP contribution in [0.1, 0.15) is 12.5 Å². The van der Waals surface area contributed by atoms with Crippen LogP contribution < -0.4 is 10.6 Å². The Bertz CT molecular complexity index is 873. The summed E-state index contributed by atoms with van der Waals surface area (Å²) in [4.78, 5) is 0. The minimum absolute atomic E-state index is 0.741. The number of nitrogens with zero attached hydrogens (tertiary/aromatic N) is 1. The third-order valence-corrected chi connectivity index (χ3v) is 6.27. The van der Waals surface area contributed by atoms with Crippen LogP contribution in [0.5, 0.6) is 0 Å². The molecule has 0 amide bonds. The Kier molecular flexibility index (Phi) is 5.42. The zero-order valence-corrected chi connectivity index (χ0v) is 15.0. The van der Waals surface area contributed by atoms with Crippen molar-refractivity contribution in [3.8, 4) is 0 Å². The molecule has 0 aromatic heterocycles. The second kappa shape index (κ2) is 7.92. The molecule has 3 aromatic rings.